The summed E-state index contributed by atoms with van der Waals surface area (Å²) in [5.41, 5.74) is 0. The van der Waals surface area contributed by atoms with Gasteiger partial charge in [-0.25, -0.2) is 0 Å². The van der Waals surface area contributed by atoms with E-state index in [4.69, 9.17) is 0 Å². The Morgan fingerprint density at radius 3 is 1.56 bits per heavy atom. The Kier molecular flexibility index (Phi) is 11.5. The van der Waals surface area contributed by atoms with Crippen LogP contribution in [0.2, 0.25) is 0 Å². The fourth-order valence-corrected chi connectivity index (χ4v) is 4.38. The predicted molar refractivity (Wildman–Crippen MR) is 85.1 cm³/mol. The van der Waals surface area contributed by atoms with Crippen LogP contribution in [-0.2, 0) is 0 Å². The van der Waals surface area contributed by atoms with Crippen LogP contribution < -0.4 is 0 Å². The summed E-state index contributed by atoms with van der Waals surface area (Å²) in [6, 6.07) is 0. The summed E-state index contributed by atoms with van der Waals surface area (Å²) >= 11 is 3.97. The molecule has 0 bridgehead atoms. The maximum atomic E-state index is 3.97. The standard InChI is InChI=1S/C14H31BrS/c1-4-7-8-9-10-11-12-13-14-16(15,5-2)6-3/h4-14H2,1-3H3. The third-order valence-corrected chi connectivity index (χ3v) is 10.2. The second kappa shape index (κ2) is 11.0. The first-order chi connectivity index (χ1) is 7.68. The molecule has 0 unspecified atom stereocenters. The maximum Gasteiger partial charge on any atom is -0.0136 e. The van der Waals surface area contributed by atoms with Gasteiger partial charge in [0, 0.05) is 0 Å². The van der Waals surface area contributed by atoms with Crippen LogP contribution in [0.15, 0.2) is 0 Å². The molecular weight excluding hydrogens is 280 g/mol. The van der Waals surface area contributed by atoms with Crippen molar-refractivity contribution in [3.8, 4) is 0 Å². The Morgan fingerprint density at radius 1 is 0.688 bits per heavy atom. The van der Waals surface area contributed by atoms with Gasteiger partial charge in [0.2, 0.25) is 0 Å². The van der Waals surface area contributed by atoms with Crippen molar-refractivity contribution >= 4 is 23.3 Å². The van der Waals surface area contributed by atoms with Crippen molar-refractivity contribution in [2.75, 3.05) is 17.3 Å². The number of hydrogen-bond donors (Lipinski definition) is 0. The molecule has 0 aliphatic rings. The molecule has 0 saturated carbocycles. The van der Waals surface area contributed by atoms with Crippen LogP contribution in [0.25, 0.3) is 0 Å². The fraction of sp³-hybridized carbons (Fsp3) is 1.00. The van der Waals surface area contributed by atoms with Crippen molar-refractivity contribution in [2.24, 2.45) is 0 Å². The van der Waals surface area contributed by atoms with E-state index < -0.39 is 8.46 Å². The van der Waals surface area contributed by atoms with Crippen LogP contribution in [0.1, 0.15) is 72.1 Å². The lowest BCUT2D eigenvalue weighted by atomic mass is 10.1. The summed E-state index contributed by atoms with van der Waals surface area (Å²) in [6.07, 6.45) is 11.5. The summed E-state index contributed by atoms with van der Waals surface area (Å²) in [5.74, 6) is 4.13. The molecule has 100 valence electrons. The highest BCUT2D eigenvalue weighted by atomic mass is 79.9. The van der Waals surface area contributed by atoms with Crippen LogP contribution in [0.4, 0.5) is 0 Å². The van der Waals surface area contributed by atoms with E-state index in [0.717, 1.165) is 0 Å². The normalized spacial score (nSPS) is 13.0. The summed E-state index contributed by atoms with van der Waals surface area (Å²) in [4.78, 5) is 0. The molecule has 0 N–H and O–H groups in total. The average Bonchev–Trinajstić information content (AvgIpc) is 2.32. The highest BCUT2D eigenvalue weighted by Gasteiger charge is 2.14. The zero-order chi connectivity index (χ0) is 12.3. The Morgan fingerprint density at radius 2 is 1.12 bits per heavy atom. The van der Waals surface area contributed by atoms with Gasteiger partial charge in [-0.3, -0.25) is 0 Å². The molecule has 0 aromatic carbocycles. The quantitative estimate of drug-likeness (QED) is 0.394. The molecule has 0 aromatic heterocycles. The molecule has 16 heavy (non-hydrogen) atoms. The zero-order valence-corrected chi connectivity index (χ0v) is 14.0. The van der Waals surface area contributed by atoms with E-state index in [-0.39, 0.29) is 0 Å². The summed E-state index contributed by atoms with van der Waals surface area (Å²) in [6.45, 7) is 6.95. The van der Waals surface area contributed by atoms with Crippen LogP contribution in [-0.4, -0.2) is 17.3 Å². The molecule has 0 aromatic rings. The number of hydrogen-bond acceptors (Lipinski definition) is 0. The molecule has 0 nitrogen and oxygen atoms in total. The van der Waals surface area contributed by atoms with Crippen molar-refractivity contribution in [1.29, 1.82) is 0 Å². The summed E-state index contributed by atoms with van der Waals surface area (Å²) in [5, 5.41) is 0. The van der Waals surface area contributed by atoms with E-state index in [0.29, 0.717) is 0 Å². The van der Waals surface area contributed by atoms with Crippen molar-refractivity contribution in [3.05, 3.63) is 0 Å². The average molecular weight is 311 g/mol. The molecule has 0 heterocycles. The van der Waals surface area contributed by atoms with Crippen LogP contribution in [0.5, 0.6) is 0 Å². The predicted octanol–water partition coefficient (Wildman–Crippen LogP) is 6.28. The molecule has 0 radical (unpaired) electrons. The monoisotopic (exact) mass is 310 g/mol. The Labute approximate surface area is 112 Å². The molecule has 0 atom stereocenters. The molecule has 0 rings (SSSR count). The van der Waals surface area contributed by atoms with E-state index in [1.54, 1.807) is 0 Å². The molecular formula is C14H31BrS. The number of unbranched alkanes of at least 4 members (excludes halogenated alkanes) is 7. The van der Waals surface area contributed by atoms with Gasteiger partial charge in [0.1, 0.15) is 0 Å². The van der Waals surface area contributed by atoms with Crippen LogP contribution >= 0.6 is 23.3 Å². The van der Waals surface area contributed by atoms with E-state index in [9.17, 15) is 0 Å². The first-order valence-electron chi connectivity index (χ1n) is 7.14. The van der Waals surface area contributed by atoms with Gasteiger partial charge in [-0.05, 0) is 38.5 Å². The van der Waals surface area contributed by atoms with Gasteiger partial charge in [0.15, 0.2) is 0 Å². The Hall–Kier alpha value is 0.830. The van der Waals surface area contributed by atoms with Gasteiger partial charge in [0.05, 0.1) is 0 Å². The third-order valence-electron chi connectivity index (χ3n) is 3.40. The lowest BCUT2D eigenvalue weighted by Gasteiger charge is -2.30. The van der Waals surface area contributed by atoms with E-state index in [1.807, 2.05) is 0 Å². The molecule has 0 spiro atoms. The minimum absolute atomic E-state index is 0.404. The first-order valence-corrected chi connectivity index (χ1v) is 11.1. The van der Waals surface area contributed by atoms with Gasteiger partial charge < -0.3 is 0 Å². The van der Waals surface area contributed by atoms with E-state index >= 15 is 0 Å². The zero-order valence-electron chi connectivity index (χ0n) is 11.6. The smallest absolute Gasteiger partial charge is 0.0136 e. The van der Waals surface area contributed by atoms with Crippen molar-refractivity contribution < 1.29 is 0 Å². The largest absolute Gasteiger partial charge is 0.184 e. The minimum Gasteiger partial charge on any atom is -0.184 e. The van der Waals surface area contributed by atoms with Gasteiger partial charge in [-0.1, -0.05) is 65.7 Å². The molecule has 2 heteroatoms. The molecule has 0 saturated heterocycles. The molecule has 0 aliphatic carbocycles. The van der Waals surface area contributed by atoms with Gasteiger partial charge >= 0.3 is 0 Å². The van der Waals surface area contributed by atoms with Crippen LogP contribution in [0.3, 0.4) is 0 Å². The second-order valence-corrected chi connectivity index (χ2v) is 12.3. The van der Waals surface area contributed by atoms with Gasteiger partial charge in [0.25, 0.3) is 0 Å². The lowest BCUT2D eigenvalue weighted by molar-refractivity contribution is 0.586. The lowest BCUT2D eigenvalue weighted by Crippen LogP contribution is -2.03. The molecule has 0 amide bonds. The van der Waals surface area contributed by atoms with Crippen LogP contribution in [0, 0.1) is 0 Å². The highest BCUT2D eigenvalue weighted by Crippen LogP contribution is 2.55. The SMILES string of the molecule is CCCCCCCCCCS(Br)(CC)CC. The van der Waals surface area contributed by atoms with Crippen molar-refractivity contribution in [3.63, 3.8) is 0 Å². The Bertz CT molecular complexity index is 144. The molecule has 0 aliphatic heterocycles. The Balaban J connectivity index is 3.26. The number of halogens is 1. The van der Waals surface area contributed by atoms with Crippen molar-refractivity contribution in [2.45, 2.75) is 72.1 Å². The topological polar surface area (TPSA) is 0 Å². The fourth-order valence-electron chi connectivity index (χ4n) is 1.99. The second-order valence-electron chi connectivity index (χ2n) is 4.70. The summed E-state index contributed by atoms with van der Waals surface area (Å²) < 4.78 is 0. The minimum atomic E-state index is -0.404. The number of rotatable bonds is 11. The van der Waals surface area contributed by atoms with E-state index in [2.05, 4.69) is 35.6 Å². The first kappa shape index (κ1) is 16.8. The maximum absolute atomic E-state index is 3.97. The highest BCUT2D eigenvalue weighted by molar-refractivity contribution is 9.58. The third kappa shape index (κ3) is 8.92. The molecule has 0 fully saturated rings. The van der Waals surface area contributed by atoms with Crippen molar-refractivity contribution in [1.82, 2.24) is 0 Å². The van der Waals surface area contributed by atoms with E-state index in [1.165, 1.54) is 68.6 Å². The van der Waals surface area contributed by atoms with Gasteiger partial charge in [-0.2, -0.15) is 8.46 Å². The van der Waals surface area contributed by atoms with Gasteiger partial charge in [-0.15, -0.1) is 0 Å². The summed E-state index contributed by atoms with van der Waals surface area (Å²) in [7, 11) is -0.404.